The number of amides is 2. The number of anilines is 1. The highest BCUT2D eigenvalue weighted by Gasteiger charge is 2.15. The number of nitrogens with one attached hydrogen (secondary N) is 2. The molecule has 2 N–H and O–H groups in total. The molecule has 3 aromatic carbocycles. The van der Waals surface area contributed by atoms with Crippen LogP contribution in [0.2, 0.25) is 0 Å². The second kappa shape index (κ2) is 11.9. The lowest BCUT2D eigenvalue weighted by Crippen LogP contribution is -2.32. The van der Waals surface area contributed by atoms with E-state index in [0.717, 1.165) is 11.6 Å². The number of nitrogens with zero attached hydrogens (tertiary/aromatic N) is 1. The van der Waals surface area contributed by atoms with Gasteiger partial charge in [0.1, 0.15) is 18.2 Å². The zero-order valence-corrected chi connectivity index (χ0v) is 19.6. The summed E-state index contributed by atoms with van der Waals surface area (Å²) in [6, 6.07) is 14.7. The number of hydrazone groups is 1. The Bertz CT molecular complexity index is 1200. The molecule has 0 bridgehead atoms. The van der Waals surface area contributed by atoms with Gasteiger partial charge >= 0.3 is 11.8 Å². The molecule has 0 aromatic heterocycles. The van der Waals surface area contributed by atoms with Crippen LogP contribution < -0.4 is 20.2 Å². The van der Waals surface area contributed by atoms with E-state index in [1.165, 1.54) is 36.5 Å². The molecule has 0 unspecified atom stereocenters. The molecule has 34 heavy (non-hydrogen) atoms. The number of ether oxygens (including phenoxy) is 2. The standard InChI is InChI=1S/C24H20BrF2N3O4/c1-2-33-21-12-16(11-18(25)22(21)34-14-15-7-9-17(26)10-8-15)13-28-30-24(32)23(31)29-20-6-4-3-5-19(20)27/h3-13H,2,14H2,1H3,(H,29,31)(H,30,32)/b28-13+. The second-order valence-corrected chi connectivity index (χ2v) is 7.67. The summed E-state index contributed by atoms with van der Waals surface area (Å²) in [6.07, 6.45) is 1.31. The molecule has 7 nitrogen and oxygen atoms in total. The monoisotopic (exact) mass is 531 g/mol. The minimum absolute atomic E-state index is 0.117. The van der Waals surface area contributed by atoms with Crippen molar-refractivity contribution in [2.45, 2.75) is 13.5 Å². The van der Waals surface area contributed by atoms with Gasteiger partial charge in [0.2, 0.25) is 0 Å². The average Bonchev–Trinajstić information content (AvgIpc) is 2.81. The first-order chi connectivity index (χ1) is 16.4. The maximum absolute atomic E-state index is 13.6. The van der Waals surface area contributed by atoms with Gasteiger partial charge in [-0.25, -0.2) is 14.2 Å². The Morgan fingerprint density at radius 2 is 1.76 bits per heavy atom. The van der Waals surface area contributed by atoms with Gasteiger partial charge in [0, 0.05) is 0 Å². The van der Waals surface area contributed by atoms with Gasteiger partial charge in [-0.2, -0.15) is 5.10 Å². The molecule has 0 spiro atoms. The molecule has 0 saturated carbocycles. The molecule has 3 aromatic rings. The topological polar surface area (TPSA) is 89.0 Å². The van der Waals surface area contributed by atoms with Crippen molar-refractivity contribution in [3.8, 4) is 11.5 Å². The van der Waals surface area contributed by atoms with Gasteiger partial charge < -0.3 is 14.8 Å². The predicted molar refractivity (Wildman–Crippen MR) is 127 cm³/mol. The van der Waals surface area contributed by atoms with Crippen molar-refractivity contribution in [1.29, 1.82) is 0 Å². The normalized spacial score (nSPS) is 10.7. The summed E-state index contributed by atoms with van der Waals surface area (Å²) in [4.78, 5) is 23.9. The molecule has 2 amide bonds. The molecule has 0 aliphatic heterocycles. The molecule has 10 heteroatoms. The van der Waals surface area contributed by atoms with Crippen molar-refractivity contribution in [1.82, 2.24) is 5.43 Å². The summed E-state index contributed by atoms with van der Waals surface area (Å²) >= 11 is 3.43. The third-order valence-electron chi connectivity index (χ3n) is 4.34. The molecule has 0 atom stereocenters. The first-order valence-electron chi connectivity index (χ1n) is 10.1. The van der Waals surface area contributed by atoms with Crippen LogP contribution in [-0.2, 0) is 16.2 Å². The number of benzene rings is 3. The quantitative estimate of drug-likeness (QED) is 0.248. The van der Waals surface area contributed by atoms with E-state index in [2.05, 4.69) is 31.8 Å². The Hall–Kier alpha value is -3.79. The smallest absolute Gasteiger partial charge is 0.329 e. The Morgan fingerprint density at radius 3 is 2.47 bits per heavy atom. The summed E-state index contributed by atoms with van der Waals surface area (Å²) in [7, 11) is 0. The summed E-state index contributed by atoms with van der Waals surface area (Å²) in [5.74, 6) is -2.27. The van der Waals surface area contributed by atoms with Crippen molar-refractivity contribution in [3.05, 3.63) is 87.9 Å². The van der Waals surface area contributed by atoms with E-state index in [9.17, 15) is 18.4 Å². The molecule has 0 radical (unpaired) electrons. The van der Waals surface area contributed by atoms with Gasteiger partial charge in [-0.1, -0.05) is 24.3 Å². The van der Waals surface area contributed by atoms with Crippen molar-refractivity contribution in [3.63, 3.8) is 0 Å². The number of carbonyl (C=O) groups excluding carboxylic acids is 2. The highest BCUT2D eigenvalue weighted by atomic mass is 79.9. The van der Waals surface area contributed by atoms with Gasteiger partial charge in [0.15, 0.2) is 11.5 Å². The second-order valence-electron chi connectivity index (χ2n) is 6.81. The lowest BCUT2D eigenvalue weighted by molar-refractivity contribution is -0.136. The fourth-order valence-electron chi connectivity index (χ4n) is 2.76. The van der Waals surface area contributed by atoms with Gasteiger partial charge in [0.25, 0.3) is 0 Å². The Kier molecular flexibility index (Phi) is 8.69. The van der Waals surface area contributed by atoms with Gasteiger partial charge in [-0.3, -0.25) is 9.59 Å². The summed E-state index contributed by atoms with van der Waals surface area (Å²) < 4.78 is 38.8. The van der Waals surface area contributed by atoms with Crippen LogP contribution in [-0.4, -0.2) is 24.6 Å². The van der Waals surface area contributed by atoms with Gasteiger partial charge in [-0.05, 0) is 70.4 Å². The number of hydrogen-bond donors (Lipinski definition) is 2. The van der Waals surface area contributed by atoms with Crippen LogP contribution in [0.25, 0.3) is 0 Å². The summed E-state index contributed by atoms with van der Waals surface area (Å²) in [6.45, 7) is 2.37. The number of hydrogen-bond acceptors (Lipinski definition) is 5. The Labute approximate surface area is 202 Å². The molecule has 0 aliphatic carbocycles. The number of para-hydroxylation sites is 1. The summed E-state index contributed by atoms with van der Waals surface area (Å²) in [5, 5.41) is 5.94. The number of rotatable bonds is 8. The van der Waals surface area contributed by atoms with Crippen LogP contribution in [0.4, 0.5) is 14.5 Å². The predicted octanol–water partition coefficient (Wildman–Crippen LogP) is 4.79. The molecule has 0 saturated heterocycles. The minimum Gasteiger partial charge on any atom is -0.490 e. The van der Waals surface area contributed by atoms with E-state index in [1.54, 1.807) is 24.3 Å². The molecular weight excluding hydrogens is 512 g/mol. The van der Waals surface area contributed by atoms with E-state index >= 15 is 0 Å². The molecule has 0 heterocycles. The van der Waals surface area contributed by atoms with Crippen molar-refractivity contribution in [2.24, 2.45) is 5.10 Å². The van der Waals surface area contributed by atoms with E-state index in [1.807, 2.05) is 6.92 Å². The highest BCUT2D eigenvalue weighted by molar-refractivity contribution is 9.10. The molecule has 176 valence electrons. The SMILES string of the molecule is CCOc1cc(/C=N/NC(=O)C(=O)Nc2ccccc2F)cc(Br)c1OCc1ccc(F)cc1. The van der Waals surface area contributed by atoms with Crippen LogP contribution in [0.1, 0.15) is 18.1 Å². The van der Waals surface area contributed by atoms with E-state index in [-0.39, 0.29) is 18.1 Å². The average molecular weight is 532 g/mol. The fourth-order valence-corrected chi connectivity index (χ4v) is 3.33. The summed E-state index contributed by atoms with van der Waals surface area (Å²) in [5.41, 5.74) is 3.28. The van der Waals surface area contributed by atoms with Crippen molar-refractivity contribution < 1.29 is 27.8 Å². The maximum Gasteiger partial charge on any atom is 0.329 e. The molecule has 0 fully saturated rings. The third-order valence-corrected chi connectivity index (χ3v) is 4.93. The molecule has 0 aliphatic rings. The van der Waals surface area contributed by atoms with Crippen LogP contribution in [0, 0.1) is 11.6 Å². The van der Waals surface area contributed by atoms with Crippen molar-refractivity contribution >= 4 is 39.6 Å². The Balaban J connectivity index is 1.65. The largest absolute Gasteiger partial charge is 0.490 e. The van der Waals surface area contributed by atoms with E-state index in [0.29, 0.717) is 28.1 Å². The highest BCUT2D eigenvalue weighted by Crippen LogP contribution is 2.37. The van der Waals surface area contributed by atoms with E-state index < -0.39 is 17.6 Å². The van der Waals surface area contributed by atoms with Gasteiger partial charge in [-0.15, -0.1) is 0 Å². The van der Waals surface area contributed by atoms with Crippen LogP contribution in [0.3, 0.4) is 0 Å². The van der Waals surface area contributed by atoms with E-state index in [4.69, 9.17) is 9.47 Å². The minimum atomic E-state index is -1.07. The zero-order chi connectivity index (χ0) is 24.5. The van der Waals surface area contributed by atoms with Gasteiger partial charge in [0.05, 0.1) is 23.0 Å². The Morgan fingerprint density at radius 1 is 1.03 bits per heavy atom. The zero-order valence-electron chi connectivity index (χ0n) is 18.0. The van der Waals surface area contributed by atoms with Crippen LogP contribution >= 0.6 is 15.9 Å². The fraction of sp³-hybridized carbons (Fsp3) is 0.125. The number of carbonyl (C=O) groups is 2. The van der Waals surface area contributed by atoms with Crippen LogP contribution in [0.5, 0.6) is 11.5 Å². The first-order valence-corrected chi connectivity index (χ1v) is 10.9. The lowest BCUT2D eigenvalue weighted by Gasteiger charge is -2.14. The molecular formula is C24H20BrF2N3O4. The number of halogens is 3. The van der Waals surface area contributed by atoms with Crippen LogP contribution in [0.15, 0.2) is 70.2 Å². The molecule has 3 rings (SSSR count). The lowest BCUT2D eigenvalue weighted by atomic mass is 10.2. The first kappa shape index (κ1) is 24.8. The maximum atomic E-state index is 13.6. The van der Waals surface area contributed by atoms with Crippen molar-refractivity contribution in [2.75, 3.05) is 11.9 Å². The third kappa shape index (κ3) is 6.85.